The van der Waals surface area contributed by atoms with Gasteiger partial charge in [-0.2, -0.15) is 0 Å². The van der Waals surface area contributed by atoms with Crippen LogP contribution in [0.3, 0.4) is 0 Å². The normalized spacial score (nSPS) is 11.7. The molecule has 0 radical (unpaired) electrons. The average molecular weight is 371 g/mol. The van der Waals surface area contributed by atoms with Gasteiger partial charge in [-0.05, 0) is 18.2 Å². The zero-order chi connectivity index (χ0) is 18.5. The molecule has 6 nitrogen and oxygen atoms in total. The van der Waals surface area contributed by atoms with E-state index in [1.807, 2.05) is 0 Å². The molecule has 0 aliphatic carbocycles. The molecule has 3 aromatic rings. The summed E-state index contributed by atoms with van der Waals surface area (Å²) in [5.74, 6) is -0.603. The minimum absolute atomic E-state index is 0.0969. The zero-order valence-electron chi connectivity index (χ0n) is 13.6. The number of benzene rings is 1. The van der Waals surface area contributed by atoms with Crippen molar-refractivity contribution < 1.29 is 14.0 Å². The molecule has 1 unspecified atom stereocenters. The molecule has 1 aromatic carbocycles. The van der Waals surface area contributed by atoms with E-state index in [9.17, 15) is 14.4 Å². The fourth-order valence-electron chi connectivity index (χ4n) is 2.49. The highest BCUT2D eigenvalue weighted by molar-refractivity contribution is 6.30. The monoisotopic (exact) mass is 370 g/mol. The standard InChI is InChI=1S/C19H15ClN2O4/c20-14-8-9-16(23)22(12-14)17(18(24)13-5-2-1-3-6-13)19(25)21-11-15-7-4-10-26-15/h1-10,12,17H,11H2,(H,21,25). The minimum Gasteiger partial charge on any atom is -0.467 e. The maximum atomic E-state index is 12.9. The molecule has 0 aliphatic heterocycles. The van der Waals surface area contributed by atoms with Crippen molar-refractivity contribution in [1.82, 2.24) is 9.88 Å². The SMILES string of the molecule is O=C(NCc1ccco1)C(C(=O)c1ccccc1)n1cc(Cl)ccc1=O. The van der Waals surface area contributed by atoms with Crippen LogP contribution < -0.4 is 10.9 Å². The Morgan fingerprint density at radius 1 is 1.08 bits per heavy atom. The molecule has 7 heteroatoms. The number of ketones is 1. The van der Waals surface area contributed by atoms with Crippen LogP contribution >= 0.6 is 11.6 Å². The lowest BCUT2D eigenvalue weighted by Gasteiger charge is -2.18. The second kappa shape index (κ2) is 7.84. The number of nitrogens with one attached hydrogen (secondary N) is 1. The molecule has 0 aliphatic rings. The van der Waals surface area contributed by atoms with Crippen LogP contribution in [-0.2, 0) is 11.3 Å². The third-order valence-corrected chi connectivity index (χ3v) is 3.98. The van der Waals surface area contributed by atoms with Crippen molar-refractivity contribution in [3.63, 3.8) is 0 Å². The molecule has 0 saturated heterocycles. The number of Topliss-reactive ketones (excluding diaryl/α,β-unsaturated/α-hetero) is 1. The first kappa shape index (κ1) is 17.7. The minimum atomic E-state index is -1.38. The smallest absolute Gasteiger partial charge is 0.251 e. The number of furan rings is 1. The number of carbonyl (C=O) groups is 2. The molecule has 2 heterocycles. The summed E-state index contributed by atoms with van der Waals surface area (Å²) in [5.41, 5.74) is -0.186. The van der Waals surface area contributed by atoms with E-state index < -0.39 is 23.3 Å². The van der Waals surface area contributed by atoms with Gasteiger partial charge >= 0.3 is 0 Å². The fourth-order valence-corrected chi connectivity index (χ4v) is 2.66. The Bertz CT molecular complexity index is 965. The van der Waals surface area contributed by atoms with Gasteiger partial charge in [0.1, 0.15) is 5.76 Å². The van der Waals surface area contributed by atoms with Crippen LogP contribution in [0.2, 0.25) is 5.02 Å². The van der Waals surface area contributed by atoms with E-state index >= 15 is 0 Å². The lowest BCUT2D eigenvalue weighted by atomic mass is 10.0. The van der Waals surface area contributed by atoms with Crippen molar-refractivity contribution in [2.75, 3.05) is 0 Å². The van der Waals surface area contributed by atoms with Gasteiger partial charge in [-0.3, -0.25) is 19.0 Å². The zero-order valence-corrected chi connectivity index (χ0v) is 14.3. The van der Waals surface area contributed by atoms with Gasteiger partial charge in [0.05, 0.1) is 17.8 Å². The molecule has 2 aromatic heterocycles. The van der Waals surface area contributed by atoms with Crippen LogP contribution in [0.5, 0.6) is 0 Å². The number of aromatic nitrogens is 1. The topological polar surface area (TPSA) is 81.3 Å². The number of amides is 1. The summed E-state index contributed by atoms with van der Waals surface area (Å²) >= 11 is 5.96. The Hall–Kier alpha value is -3.12. The summed E-state index contributed by atoms with van der Waals surface area (Å²) in [6.07, 6.45) is 2.76. The fraction of sp³-hybridized carbons (Fsp3) is 0.105. The largest absolute Gasteiger partial charge is 0.467 e. The average Bonchev–Trinajstić information content (AvgIpc) is 3.17. The molecule has 1 N–H and O–H groups in total. The van der Waals surface area contributed by atoms with Gasteiger partial charge in [-0.25, -0.2) is 0 Å². The van der Waals surface area contributed by atoms with E-state index in [0.29, 0.717) is 11.3 Å². The maximum Gasteiger partial charge on any atom is 0.251 e. The first-order chi connectivity index (χ1) is 12.6. The van der Waals surface area contributed by atoms with Crippen molar-refractivity contribution in [3.8, 4) is 0 Å². The Balaban J connectivity index is 1.95. The van der Waals surface area contributed by atoms with Gasteiger partial charge in [0, 0.05) is 17.8 Å². The van der Waals surface area contributed by atoms with Gasteiger partial charge in [0.15, 0.2) is 11.8 Å². The third kappa shape index (κ3) is 3.92. The van der Waals surface area contributed by atoms with Crippen molar-refractivity contribution >= 4 is 23.3 Å². The Morgan fingerprint density at radius 3 is 2.54 bits per heavy atom. The Morgan fingerprint density at radius 2 is 1.85 bits per heavy atom. The first-order valence-electron chi connectivity index (χ1n) is 7.83. The van der Waals surface area contributed by atoms with Crippen molar-refractivity contribution in [2.45, 2.75) is 12.6 Å². The molecule has 1 atom stereocenters. The Kier molecular flexibility index (Phi) is 5.34. The number of nitrogens with zero attached hydrogens (tertiary/aromatic N) is 1. The van der Waals surface area contributed by atoms with Crippen LogP contribution in [0.25, 0.3) is 0 Å². The van der Waals surface area contributed by atoms with E-state index in [4.69, 9.17) is 16.0 Å². The van der Waals surface area contributed by atoms with E-state index in [1.54, 1.807) is 42.5 Å². The predicted molar refractivity (Wildman–Crippen MR) is 96.1 cm³/mol. The second-order valence-corrected chi connectivity index (χ2v) is 5.96. The van der Waals surface area contributed by atoms with Gasteiger partial charge in [0.2, 0.25) is 0 Å². The summed E-state index contributed by atoms with van der Waals surface area (Å²) in [4.78, 5) is 37.9. The summed E-state index contributed by atoms with van der Waals surface area (Å²) < 4.78 is 6.20. The van der Waals surface area contributed by atoms with Gasteiger partial charge in [0.25, 0.3) is 11.5 Å². The molecule has 0 saturated carbocycles. The highest BCUT2D eigenvalue weighted by Crippen LogP contribution is 2.16. The van der Waals surface area contributed by atoms with Crippen LogP contribution in [0.1, 0.15) is 22.2 Å². The second-order valence-electron chi connectivity index (χ2n) is 5.52. The van der Waals surface area contributed by atoms with Crippen LogP contribution in [-0.4, -0.2) is 16.3 Å². The Labute approximate surface area is 154 Å². The van der Waals surface area contributed by atoms with Crippen LogP contribution in [0.4, 0.5) is 0 Å². The van der Waals surface area contributed by atoms with Gasteiger partial charge < -0.3 is 9.73 Å². The summed E-state index contributed by atoms with van der Waals surface area (Å²) in [6, 6.07) is 12.9. The lowest BCUT2D eigenvalue weighted by molar-refractivity contribution is -0.123. The number of hydrogen-bond donors (Lipinski definition) is 1. The molecule has 3 rings (SSSR count). The van der Waals surface area contributed by atoms with Crippen LogP contribution in [0, 0.1) is 0 Å². The molecule has 0 spiro atoms. The van der Waals surface area contributed by atoms with E-state index in [-0.39, 0.29) is 11.6 Å². The summed E-state index contributed by atoms with van der Waals surface area (Å²) in [5, 5.41) is 2.87. The number of hydrogen-bond acceptors (Lipinski definition) is 4. The molecular formula is C19H15ClN2O4. The number of rotatable bonds is 6. The predicted octanol–water partition coefficient (Wildman–Crippen LogP) is 2.84. The van der Waals surface area contributed by atoms with Gasteiger partial charge in [-0.1, -0.05) is 41.9 Å². The summed E-state index contributed by atoms with van der Waals surface area (Å²) in [7, 11) is 0. The number of pyridine rings is 1. The molecule has 0 bridgehead atoms. The van der Waals surface area contributed by atoms with E-state index in [2.05, 4.69) is 5.32 Å². The van der Waals surface area contributed by atoms with Crippen LogP contribution in [0.15, 0.2) is 76.3 Å². The molecule has 26 heavy (non-hydrogen) atoms. The summed E-state index contributed by atoms with van der Waals surface area (Å²) in [6.45, 7) is 0.0969. The molecule has 1 amide bonds. The molecular weight excluding hydrogens is 356 g/mol. The number of carbonyl (C=O) groups excluding carboxylic acids is 2. The van der Waals surface area contributed by atoms with E-state index in [1.165, 1.54) is 24.6 Å². The third-order valence-electron chi connectivity index (χ3n) is 3.75. The molecule has 132 valence electrons. The molecule has 0 fully saturated rings. The maximum absolute atomic E-state index is 12.9. The first-order valence-corrected chi connectivity index (χ1v) is 8.21. The van der Waals surface area contributed by atoms with Crippen molar-refractivity contribution in [3.05, 3.63) is 93.8 Å². The highest BCUT2D eigenvalue weighted by Gasteiger charge is 2.30. The van der Waals surface area contributed by atoms with Crippen molar-refractivity contribution in [1.29, 1.82) is 0 Å². The van der Waals surface area contributed by atoms with Gasteiger partial charge in [-0.15, -0.1) is 0 Å². The number of halogens is 1. The quantitative estimate of drug-likeness (QED) is 0.534. The highest BCUT2D eigenvalue weighted by atomic mass is 35.5. The lowest BCUT2D eigenvalue weighted by Crippen LogP contribution is -2.41. The van der Waals surface area contributed by atoms with E-state index in [0.717, 1.165) is 4.57 Å². The van der Waals surface area contributed by atoms with Crippen molar-refractivity contribution in [2.24, 2.45) is 0 Å².